The summed E-state index contributed by atoms with van der Waals surface area (Å²) in [4.78, 5) is 15.1. The summed E-state index contributed by atoms with van der Waals surface area (Å²) in [6, 6.07) is 7.78. The molecule has 1 spiro atoms. The van der Waals surface area contributed by atoms with Gasteiger partial charge in [-0.05, 0) is 31.7 Å². The Morgan fingerprint density at radius 3 is 3.07 bits per heavy atom. The number of pyridine rings is 1. The molecule has 0 aliphatic carbocycles. The average Bonchev–Trinajstić information content (AvgIpc) is 3.27. The Morgan fingerprint density at radius 2 is 2.22 bits per heavy atom. The number of hydrogen-bond acceptors (Lipinski definition) is 7. The van der Waals surface area contributed by atoms with Crippen LogP contribution in [0.1, 0.15) is 18.5 Å². The quantitative estimate of drug-likeness (QED) is 0.682. The number of rotatable bonds is 5. The molecule has 2 saturated heterocycles. The number of aryl methyl sites for hydroxylation is 1. The Hall–Kier alpha value is -2.74. The lowest BCUT2D eigenvalue weighted by Crippen LogP contribution is -2.65. The monoisotopic (exact) mass is 366 g/mol. The second-order valence-corrected chi connectivity index (χ2v) is 7.29. The normalized spacial score (nSPS) is 20.9. The van der Waals surface area contributed by atoms with Gasteiger partial charge in [-0.3, -0.25) is 0 Å². The Bertz CT molecular complexity index is 938. The minimum Gasteiger partial charge on any atom is -0.478 e. The second-order valence-electron chi connectivity index (χ2n) is 7.29. The van der Waals surface area contributed by atoms with Crippen molar-refractivity contribution >= 4 is 11.6 Å². The van der Waals surface area contributed by atoms with Crippen molar-refractivity contribution in [3.8, 4) is 5.88 Å². The maximum Gasteiger partial charge on any atom is 0.254 e. The maximum atomic E-state index is 6.19. The van der Waals surface area contributed by atoms with Crippen LogP contribution in [0.4, 0.5) is 5.82 Å². The van der Waals surface area contributed by atoms with E-state index < -0.39 is 0 Å². The van der Waals surface area contributed by atoms with Gasteiger partial charge >= 0.3 is 0 Å². The van der Waals surface area contributed by atoms with E-state index in [9.17, 15) is 0 Å². The zero-order valence-electron chi connectivity index (χ0n) is 15.3. The van der Waals surface area contributed by atoms with Crippen molar-refractivity contribution < 1.29 is 9.47 Å². The largest absolute Gasteiger partial charge is 0.478 e. The van der Waals surface area contributed by atoms with Crippen LogP contribution in [0.5, 0.6) is 5.88 Å². The number of aromatic nitrogens is 5. The molecule has 2 fully saturated rings. The van der Waals surface area contributed by atoms with Crippen molar-refractivity contribution in [2.24, 2.45) is 5.92 Å². The highest BCUT2D eigenvalue weighted by Crippen LogP contribution is 2.43. The number of nitrogens with zero attached hydrogens (tertiary/aromatic N) is 6. The average molecular weight is 366 g/mol. The van der Waals surface area contributed by atoms with Crippen molar-refractivity contribution in [2.75, 3.05) is 31.2 Å². The van der Waals surface area contributed by atoms with Crippen molar-refractivity contribution in [1.82, 2.24) is 24.6 Å². The third kappa shape index (κ3) is 2.90. The first kappa shape index (κ1) is 16.4. The van der Waals surface area contributed by atoms with E-state index in [1.54, 1.807) is 17.0 Å². The van der Waals surface area contributed by atoms with Crippen molar-refractivity contribution in [2.45, 2.75) is 25.4 Å². The van der Waals surface area contributed by atoms with Gasteiger partial charge in [0.2, 0.25) is 5.88 Å². The van der Waals surface area contributed by atoms with Gasteiger partial charge in [-0.25, -0.2) is 9.97 Å². The molecule has 1 atom stereocenters. The second kappa shape index (κ2) is 6.45. The Morgan fingerprint density at radius 1 is 1.30 bits per heavy atom. The molecule has 0 saturated carbocycles. The number of hydrogen-bond donors (Lipinski definition) is 0. The van der Waals surface area contributed by atoms with Gasteiger partial charge < -0.3 is 14.4 Å². The predicted molar refractivity (Wildman–Crippen MR) is 98.9 cm³/mol. The fraction of sp³-hybridized carbons (Fsp3) is 0.474. The van der Waals surface area contributed by atoms with Crippen LogP contribution in [0, 0.1) is 12.8 Å². The lowest BCUT2D eigenvalue weighted by atomic mass is 9.79. The molecular weight excluding hydrogens is 344 g/mol. The van der Waals surface area contributed by atoms with Gasteiger partial charge in [-0.1, -0.05) is 6.07 Å². The van der Waals surface area contributed by atoms with E-state index in [4.69, 9.17) is 9.47 Å². The summed E-state index contributed by atoms with van der Waals surface area (Å²) in [5, 5.41) is 4.31. The summed E-state index contributed by atoms with van der Waals surface area (Å²) < 4.78 is 13.8. The van der Waals surface area contributed by atoms with Gasteiger partial charge in [0, 0.05) is 30.6 Å². The summed E-state index contributed by atoms with van der Waals surface area (Å²) in [5.74, 6) is 2.84. The van der Waals surface area contributed by atoms with Crippen LogP contribution in [0.15, 0.2) is 36.8 Å². The van der Waals surface area contributed by atoms with Crippen LogP contribution in [-0.4, -0.2) is 56.5 Å². The fourth-order valence-corrected chi connectivity index (χ4v) is 4.18. The molecule has 5 heterocycles. The van der Waals surface area contributed by atoms with E-state index >= 15 is 0 Å². The molecule has 0 bridgehead atoms. The highest BCUT2D eigenvalue weighted by Gasteiger charge is 2.53. The third-order valence-corrected chi connectivity index (χ3v) is 5.56. The molecule has 0 unspecified atom stereocenters. The maximum absolute atomic E-state index is 6.19. The predicted octanol–water partition coefficient (Wildman–Crippen LogP) is 1.89. The van der Waals surface area contributed by atoms with Crippen LogP contribution in [-0.2, 0) is 4.74 Å². The summed E-state index contributed by atoms with van der Waals surface area (Å²) >= 11 is 0. The molecule has 8 nitrogen and oxygen atoms in total. The lowest BCUT2D eigenvalue weighted by molar-refractivity contribution is -0.0480. The van der Waals surface area contributed by atoms with E-state index in [0.29, 0.717) is 24.2 Å². The third-order valence-electron chi connectivity index (χ3n) is 5.56. The molecule has 0 aromatic carbocycles. The summed E-state index contributed by atoms with van der Waals surface area (Å²) in [6.07, 6.45) is 5.34. The van der Waals surface area contributed by atoms with Gasteiger partial charge in [-0.2, -0.15) is 14.6 Å². The minimum absolute atomic E-state index is 0.0858. The Labute approximate surface area is 157 Å². The number of fused-ring (bicyclic) bond motifs is 1. The summed E-state index contributed by atoms with van der Waals surface area (Å²) in [7, 11) is 0. The van der Waals surface area contributed by atoms with Crippen LogP contribution in [0.3, 0.4) is 0 Å². The first-order valence-corrected chi connectivity index (χ1v) is 9.34. The summed E-state index contributed by atoms with van der Waals surface area (Å²) in [5.41, 5.74) is 0.858. The molecule has 140 valence electrons. The molecular formula is C19H22N6O2. The number of ether oxygens (including phenoxy) is 2. The molecule has 0 N–H and O–H groups in total. The van der Waals surface area contributed by atoms with Crippen LogP contribution < -0.4 is 9.64 Å². The van der Waals surface area contributed by atoms with Gasteiger partial charge in [0.1, 0.15) is 17.7 Å². The standard InChI is InChI=1S/C19H22N6O2/c1-14-10-17(25-18(23-14)21-13-22-25)24-11-19(12-24)15(6-9-27-19)5-8-26-16-4-2-3-7-20-16/h2-4,7,10,13,15H,5-6,8-9,11-12H2,1H3/t15-/m1/s1. The smallest absolute Gasteiger partial charge is 0.254 e. The number of anilines is 1. The zero-order valence-corrected chi connectivity index (χ0v) is 15.3. The Balaban J connectivity index is 1.25. The van der Waals surface area contributed by atoms with E-state index in [0.717, 1.165) is 44.0 Å². The molecule has 5 rings (SSSR count). The van der Waals surface area contributed by atoms with Crippen molar-refractivity contribution in [3.63, 3.8) is 0 Å². The van der Waals surface area contributed by atoms with Gasteiger partial charge in [0.25, 0.3) is 5.78 Å². The van der Waals surface area contributed by atoms with Gasteiger partial charge in [0.15, 0.2) is 0 Å². The molecule has 0 amide bonds. The highest BCUT2D eigenvalue weighted by atomic mass is 16.5. The Kier molecular flexibility index (Phi) is 3.93. The summed E-state index contributed by atoms with van der Waals surface area (Å²) in [6.45, 7) is 5.18. The zero-order chi connectivity index (χ0) is 18.3. The van der Waals surface area contributed by atoms with Crippen LogP contribution in [0.25, 0.3) is 5.78 Å². The molecule has 2 aliphatic rings. The van der Waals surface area contributed by atoms with Crippen LogP contribution in [0.2, 0.25) is 0 Å². The molecule has 27 heavy (non-hydrogen) atoms. The molecule has 2 aliphatic heterocycles. The minimum atomic E-state index is -0.0858. The highest BCUT2D eigenvalue weighted by molar-refractivity contribution is 5.51. The van der Waals surface area contributed by atoms with Gasteiger partial charge in [-0.15, -0.1) is 0 Å². The van der Waals surface area contributed by atoms with E-state index in [-0.39, 0.29) is 5.60 Å². The van der Waals surface area contributed by atoms with E-state index in [1.165, 1.54) is 0 Å². The topological polar surface area (TPSA) is 77.7 Å². The SMILES string of the molecule is Cc1cc(N2CC3(C2)OCC[C@H]3CCOc2ccccn2)n2ncnc2n1. The van der Waals surface area contributed by atoms with E-state index in [2.05, 4.69) is 31.0 Å². The molecule has 0 radical (unpaired) electrons. The van der Waals surface area contributed by atoms with E-state index in [1.807, 2.05) is 25.1 Å². The van der Waals surface area contributed by atoms with Crippen molar-refractivity contribution in [3.05, 3.63) is 42.5 Å². The first-order valence-electron chi connectivity index (χ1n) is 9.34. The fourth-order valence-electron chi connectivity index (χ4n) is 4.18. The lowest BCUT2D eigenvalue weighted by Gasteiger charge is -2.51. The molecule has 3 aromatic rings. The van der Waals surface area contributed by atoms with Crippen LogP contribution >= 0.6 is 0 Å². The van der Waals surface area contributed by atoms with Crippen molar-refractivity contribution in [1.29, 1.82) is 0 Å². The van der Waals surface area contributed by atoms with Gasteiger partial charge in [0.05, 0.1) is 19.7 Å². The molecule has 8 heteroatoms. The molecule has 3 aromatic heterocycles. The first-order chi connectivity index (χ1) is 13.2.